The van der Waals surface area contributed by atoms with E-state index in [9.17, 15) is 13.2 Å². The van der Waals surface area contributed by atoms with Crippen LogP contribution in [0, 0.1) is 0 Å². The first-order valence-electron chi connectivity index (χ1n) is 5.36. The molecule has 18 heavy (non-hydrogen) atoms. The lowest BCUT2D eigenvalue weighted by atomic mass is 10.0. The average Bonchev–Trinajstić information content (AvgIpc) is 2.76. The molecule has 0 fully saturated rings. The fourth-order valence-corrected chi connectivity index (χ4v) is 2.52. The Bertz CT molecular complexity index is 678. The first kappa shape index (κ1) is 12.5. The molecule has 1 aliphatic rings. The molecule has 0 saturated heterocycles. The Morgan fingerprint density at radius 1 is 1.39 bits per heavy atom. The number of nitrogens with zero attached hydrogens (tertiary/aromatic N) is 1. The standard InChI is InChI=1S/C12H11NO4S/c1-3-7-5-4-6-8-9(7)13-10(12(14)17-2)11(8)18(15)16/h4-6H,3H2,1-2H3. The van der Waals surface area contributed by atoms with E-state index in [4.69, 9.17) is 0 Å². The van der Waals surface area contributed by atoms with Crippen molar-refractivity contribution in [2.24, 2.45) is 4.99 Å². The van der Waals surface area contributed by atoms with Crippen LogP contribution in [0.15, 0.2) is 23.2 Å². The van der Waals surface area contributed by atoms with Gasteiger partial charge in [-0.2, -0.15) is 8.42 Å². The normalized spacial score (nSPS) is 13.0. The minimum Gasteiger partial charge on any atom is -0.464 e. The Morgan fingerprint density at radius 3 is 2.67 bits per heavy atom. The van der Waals surface area contributed by atoms with Crippen molar-refractivity contribution in [3.8, 4) is 0 Å². The number of ether oxygens (including phenoxy) is 1. The number of carbonyl (C=O) groups is 1. The van der Waals surface area contributed by atoms with Crippen molar-refractivity contribution in [2.75, 3.05) is 7.11 Å². The summed E-state index contributed by atoms with van der Waals surface area (Å²) in [6.07, 6.45) is 0.708. The van der Waals surface area contributed by atoms with E-state index in [0.717, 1.165) is 5.56 Å². The van der Waals surface area contributed by atoms with Gasteiger partial charge in [0, 0.05) is 5.56 Å². The van der Waals surface area contributed by atoms with Crippen LogP contribution >= 0.6 is 0 Å². The molecular formula is C12H11NO4S. The number of fused-ring (bicyclic) bond motifs is 1. The van der Waals surface area contributed by atoms with Gasteiger partial charge in [-0.3, -0.25) is 0 Å². The predicted molar refractivity (Wildman–Crippen MR) is 68.0 cm³/mol. The lowest BCUT2D eigenvalue weighted by Gasteiger charge is -2.01. The van der Waals surface area contributed by atoms with E-state index in [1.807, 2.05) is 13.0 Å². The van der Waals surface area contributed by atoms with E-state index in [1.54, 1.807) is 12.1 Å². The van der Waals surface area contributed by atoms with Crippen molar-refractivity contribution < 1.29 is 17.9 Å². The lowest BCUT2D eigenvalue weighted by molar-refractivity contribution is -0.132. The highest BCUT2D eigenvalue weighted by Crippen LogP contribution is 2.31. The van der Waals surface area contributed by atoms with Crippen LogP contribution in [0.1, 0.15) is 18.1 Å². The summed E-state index contributed by atoms with van der Waals surface area (Å²) in [5, 5.41) is 0. The van der Waals surface area contributed by atoms with Gasteiger partial charge < -0.3 is 4.74 Å². The molecule has 2 rings (SSSR count). The topological polar surface area (TPSA) is 72.8 Å². The third-order valence-electron chi connectivity index (χ3n) is 2.73. The van der Waals surface area contributed by atoms with Crippen LogP contribution in [0.25, 0.3) is 0 Å². The predicted octanol–water partition coefficient (Wildman–Crippen LogP) is 0.908. The Kier molecular flexibility index (Phi) is 3.29. The Labute approximate surface area is 106 Å². The molecule has 1 heterocycles. The molecule has 5 nitrogen and oxygen atoms in total. The van der Waals surface area contributed by atoms with Gasteiger partial charge in [0.05, 0.1) is 12.8 Å². The molecule has 1 aromatic carbocycles. The molecule has 0 aromatic heterocycles. The molecular weight excluding hydrogens is 254 g/mol. The third-order valence-corrected chi connectivity index (χ3v) is 3.48. The summed E-state index contributed by atoms with van der Waals surface area (Å²) in [6.45, 7) is 1.94. The number of hydrogen-bond acceptors (Lipinski definition) is 5. The van der Waals surface area contributed by atoms with Crippen LogP contribution in [-0.4, -0.2) is 32.1 Å². The van der Waals surface area contributed by atoms with Crippen molar-refractivity contribution in [1.29, 1.82) is 0 Å². The molecule has 94 valence electrons. The van der Waals surface area contributed by atoms with Gasteiger partial charge >= 0.3 is 5.97 Å². The quantitative estimate of drug-likeness (QED) is 0.588. The molecule has 0 N–H and O–H groups in total. The van der Waals surface area contributed by atoms with Crippen LogP contribution in [0.4, 0.5) is 5.69 Å². The van der Waals surface area contributed by atoms with Gasteiger partial charge in [0.2, 0.25) is 10.3 Å². The average molecular weight is 265 g/mol. The minimum atomic E-state index is -2.53. The molecule has 0 radical (unpaired) electrons. The van der Waals surface area contributed by atoms with E-state index >= 15 is 0 Å². The number of carbonyl (C=O) groups excluding carboxylic acids is 1. The van der Waals surface area contributed by atoms with Crippen molar-refractivity contribution in [3.05, 3.63) is 29.3 Å². The first-order valence-corrected chi connectivity index (χ1v) is 6.43. The third kappa shape index (κ3) is 1.84. The number of aliphatic imine (C=N–C) groups is 1. The highest BCUT2D eigenvalue weighted by molar-refractivity contribution is 7.75. The first-order chi connectivity index (χ1) is 8.60. The summed E-state index contributed by atoms with van der Waals surface area (Å²) in [6, 6.07) is 5.24. The van der Waals surface area contributed by atoms with E-state index in [2.05, 4.69) is 9.73 Å². The lowest BCUT2D eigenvalue weighted by Crippen LogP contribution is -2.23. The highest BCUT2D eigenvalue weighted by atomic mass is 32.2. The van der Waals surface area contributed by atoms with Crippen LogP contribution in [0.2, 0.25) is 0 Å². The second-order valence-electron chi connectivity index (χ2n) is 3.68. The van der Waals surface area contributed by atoms with E-state index in [0.29, 0.717) is 17.7 Å². The molecule has 0 spiro atoms. The number of hydrogen-bond donors (Lipinski definition) is 0. The second kappa shape index (κ2) is 4.73. The zero-order valence-corrected chi connectivity index (χ0v) is 10.7. The number of benzene rings is 1. The maximum absolute atomic E-state index is 11.5. The number of rotatable bonds is 2. The zero-order valence-electron chi connectivity index (χ0n) is 9.93. The Morgan fingerprint density at radius 2 is 2.11 bits per heavy atom. The molecule has 0 atom stereocenters. The monoisotopic (exact) mass is 265 g/mol. The van der Waals surface area contributed by atoms with Crippen LogP contribution in [0.5, 0.6) is 0 Å². The van der Waals surface area contributed by atoms with Crippen LogP contribution in [0.3, 0.4) is 0 Å². The number of aryl methyl sites for hydroxylation is 1. The zero-order chi connectivity index (χ0) is 13.3. The van der Waals surface area contributed by atoms with E-state index < -0.39 is 16.3 Å². The minimum absolute atomic E-state index is 0.0906. The highest BCUT2D eigenvalue weighted by Gasteiger charge is 2.30. The van der Waals surface area contributed by atoms with Gasteiger partial charge in [-0.25, -0.2) is 9.79 Å². The van der Waals surface area contributed by atoms with Crippen LogP contribution < -0.4 is 0 Å². The second-order valence-corrected chi connectivity index (χ2v) is 4.56. The molecule has 1 aromatic rings. The van der Waals surface area contributed by atoms with E-state index in [-0.39, 0.29) is 10.6 Å². The molecule has 0 unspecified atom stereocenters. The van der Waals surface area contributed by atoms with E-state index in [1.165, 1.54) is 7.11 Å². The van der Waals surface area contributed by atoms with Crippen molar-refractivity contribution in [1.82, 2.24) is 0 Å². The van der Waals surface area contributed by atoms with Crippen LogP contribution in [-0.2, 0) is 26.2 Å². The van der Waals surface area contributed by atoms with Gasteiger partial charge in [0.1, 0.15) is 4.86 Å². The van der Waals surface area contributed by atoms with Crippen molar-refractivity contribution >= 4 is 32.5 Å². The summed E-state index contributed by atoms with van der Waals surface area (Å²) in [5.41, 5.74) is 1.75. The SMILES string of the molecule is CCc1cccc2c1N=C(C(=O)OC)C2=S(=O)=O. The molecule has 1 aliphatic heterocycles. The summed E-state index contributed by atoms with van der Waals surface area (Å²) >= 11 is 0. The largest absolute Gasteiger partial charge is 0.464 e. The van der Waals surface area contributed by atoms with Gasteiger partial charge in [-0.05, 0) is 12.0 Å². The maximum Gasteiger partial charge on any atom is 0.358 e. The summed E-state index contributed by atoms with van der Waals surface area (Å²) in [4.78, 5) is 15.6. The smallest absolute Gasteiger partial charge is 0.358 e. The fraction of sp³-hybridized carbons (Fsp3) is 0.250. The molecule has 0 saturated carbocycles. The number of esters is 1. The molecule has 6 heteroatoms. The fourth-order valence-electron chi connectivity index (χ4n) is 1.89. The number of para-hydroxylation sites is 1. The Balaban J connectivity index is 2.76. The van der Waals surface area contributed by atoms with Crippen molar-refractivity contribution in [2.45, 2.75) is 13.3 Å². The van der Waals surface area contributed by atoms with Gasteiger partial charge in [0.15, 0.2) is 5.71 Å². The summed E-state index contributed by atoms with van der Waals surface area (Å²) < 4.78 is 27.1. The maximum atomic E-state index is 11.5. The van der Waals surface area contributed by atoms with Crippen molar-refractivity contribution in [3.63, 3.8) is 0 Å². The summed E-state index contributed by atoms with van der Waals surface area (Å²) in [5.74, 6) is -0.743. The van der Waals surface area contributed by atoms with Gasteiger partial charge in [0.25, 0.3) is 0 Å². The molecule has 0 amide bonds. The van der Waals surface area contributed by atoms with Gasteiger partial charge in [-0.15, -0.1) is 0 Å². The molecule has 0 aliphatic carbocycles. The Hall–Kier alpha value is -1.95. The van der Waals surface area contributed by atoms with Gasteiger partial charge in [-0.1, -0.05) is 25.1 Å². The summed E-state index contributed by atoms with van der Waals surface area (Å²) in [7, 11) is -1.34. The number of methoxy groups -OCH3 is 1. The molecule has 0 bridgehead atoms.